The van der Waals surface area contributed by atoms with Gasteiger partial charge in [0.25, 0.3) is 0 Å². The van der Waals surface area contributed by atoms with Crippen molar-refractivity contribution in [2.24, 2.45) is 5.41 Å². The van der Waals surface area contributed by atoms with Crippen LogP contribution in [0.2, 0.25) is 0 Å². The molecule has 0 aliphatic rings. The molecule has 1 rings (SSSR count). The van der Waals surface area contributed by atoms with Gasteiger partial charge in [0, 0.05) is 11.0 Å². The van der Waals surface area contributed by atoms with Crippen LogP contribution in [-0.2, 0) is 0 Å². The van der Waals surface area contributed by atoms with E-state index in [-0.39, 0.29) is 11.6 Å². The first-order valence-electron chi connectivity index (χ1n) is 4.21. The van der Waals surface area contributed by atoms with Crippen molar-refractivity contribution in [1.29, 1.82) is 0 Å². The highest BCUT2D eigenvalue weighted by molar-refractivity contribution is 5.99. The molecule has 0 spiro atoms. The Bertz CT molecular complexity index is 306. The molecule has 0 aromatic heterocycles. The number of carbonyl (C=O) groups excluding carboxylic acids is 1. The summed E-state index contributed by atoms with van der Waals surface area (Å²) < 4.78 is 12.5. The molecule has 0 heterocycles. The molecule has 0 saturated heterocycles. The minimum atomic E-state index is -0.405. The van der Waals surface area contributed by atoms with E-state index < -0.39 is 5.41 Å². The van der Waals surface area contributed by atoms with Gasteiger partial charge in [0.2, 0.25) is 0 Å². The van der Waals surface area contributed by atoms with Crippen LogP contribution in [0.25, 0.3) is 0 Å². The first kappa shape index (κ1) is 9.90. The van der Waals surface area contributed by atoms with E-state index in [1.807, 2.05) is 20.8 Å². The molecule has 0 unspecified atom stereocenters. The largest absolute Gasteiger partial charge is 0.294 e. The molecule has 70 valence electrons. The van der Waals surface area contributed by atoms with Gasteiger partial charge in [-0.25, -0.2) is 4.39 Å². The van der Waals surface area contributed by atoms with Crippen LogP contribution in [0.1, 0.15) is 31.1 Å². The number of benzene rings is 1. The normalized spacial score (nSPS) is 11.4. The second-order valence-electron chi connectivity index (χ2n) is 4.09. The number of Topliss-reactive ketones (excluding diaryl/α,β-unsaturated/α-hetero) is 1. The van der Waals surface area contributed by atoms with Crippen molar-refractivity contribution in [3.8, 4) is 0 Å². The summed E-state index contributed by atoms with van der Waals surface area (Å²) in [5.74, 6) is -0.280. The summed E-state index contributed by atoms with van der Waals surface area (Å²) in [6.07, 6.45) is 0. The van der Waals surface area contributed by atoms with Crippen molar-refractivity contribution in [2.45, 2.75) is 20.8 Å². The molecule has 0 atom stereocenters. The summed E-state index contributed by atoms with van der Waals surface area (Å²) in [7, 11) is 0. The Kier molecular flexibility index (Phi) is 2.50. The second-order valence-corrected chi connectivity index (χ2v) is 4.09. The van der Waals surface area contributed by atoms with Crippen LogP contribution in [0.4, 0.5) is 4.39 Å². The van der Waals surface area contributed by atoms with Crippen LogP contribution in [0.3, 0.4) is 0 Å². The van der Waals surface area contributed by atoms with Crippen LogP contribution in [0.15, 0.2) is 24.3 Å². The molecule has 1 nitrogen and oxygen atoms in total. The SMILES string of the molecule is CC(C)(C)C(=O)c1ccc([18F])cc1. The van der Waals surface area contributed by atoms with Gasteiger partial charge < -0.3 is 0 Å². The number of rotatable bonds is 1. The molecule has 0 aliphatic carbocycles. The zero-order valence-corrected chi connectivity index (χ0v) is 8.10. The number of carbonyl (C=O) groups is 1. The Morgan fingerprint density at radius 2 is 1.62 bits per heavy atom. The topological polar surface area (TPSA) is 17.1 Å². The highest BCUT2D eigenvalue weighted by Crippen LogP contribution is 2.20. The van der Waals surface area contributed by atoms with Gasteiger partial charge in [-0.3, -0.25) is 4.79 Å². The van der Waals surface area contributed by atoms with E-state index in [1.54, 1.807) is 0 Å². The lowest BCUT2D eigenvalue weighted by molar-refractivity contribution is 0.0858. The highest BCUT2D eigenvalue weighted by atomic mass is 18.2. The number of hydrogen-bond donors (Lipinski definition) is 0. The first-order valence-corrected chi connectivity index (χ1v) is 4.21. The van der Waals surface area contributed by atoms with Crippen LogP contribution in [-0.4, -0.2) is 5.78 Å². The van der Waals surface area contributed by atoms with Gasteiger partial charge in [0.1, 0.15) is 5.82 Å². The van der Waals surface area contributed by atoms with Crippen LogP contribution >= 0.6 is 0 Å². The Morgan fingerprint density at radius 1 is 1.15 bits per heavy atom. The maximum atomic E-state index is 12.5. The van der Waals surface area contributed by atoms with Crippen LogP contribution < -0.4 is 0 Å². The summed E-state index contributed by atoms with van der Waals surface area (Å²) in [6.45, 7) is 5.54. The smallest absolute Gasteiger partial charge is 0.168 e. The number of halogens is 1. The molecular formula is C11H13FO. The molecule has 0 radical (unpaired) electrons. The summed E-state index contributed by atoms with van der Waals surface area (Å²) >= 11 is 0. The fraction of sp³-hybridized carbons (Fsp3) is 0.364. The van der Waals surface area contributed by atoms with Gasteiger partial charge >= 0.3 is 0 Å². The molecule has 0 amide bonds. The van der Waals surface area contributed by atoms with Crippen molar-refractivity contribution >= 4 is 5.78 Å². The third-order valence-electron chi connectivity index (χ3n) is 1.79. The quantitative estimate of drug-likeness (QED) is 0.605. The lowest BCUT2D eigenvalue weighted by Crippen LogP contribution is -2.19. The van der Waals surface area contributed by atoms with E-state index in [2.05, 4.69) is 0 Å². The maximum absolute atomic E-state index is 12.5. The molecule has 0 saturated carbocycles. The van der Waals surface area contributed by atoms with E-state index >= 15 is 0 Å². The van der Waals surface area contributed by atoms with Gasteiger partial charge in [-0.1, -0.05) is 20.8 Å². The summed E-state index contributed by atoms with van der Waals surface area (Å²) in [4.78, 5) is 11.7. The third-order valence-corrected chi connectivity index (χ3v) is 1.79. The van der Waals surface area contributed by atoms with Crippen molar-refractivity contribution in [3.05, 3.63) is 35.6 Å². The predicted octanol–water partition coefficient (Wildman–Crippen LogP) is 3.05. The molecule has 0 fully saturated rings. The van der Waals surface area contributed by atoms with Crippen LogP contribution in [0.5, 0.6) is 0 Å². The van der Waals surface area contributed by atoms with E-state index in [0.29, 0.717) is 5.56 Å². The second kappa shape index (κ2) is 3.29. The standard InChI is InChI=1S/C11H13FO/c1-11(2,3)10(13)8-4-6-9(12)7-5-8/h4-7H,1-3H3/i12-1. The third kappa shape index (κ3) is 2.38. The molecule has 13 heavy (non-hydrogen) atoms. The number of ketones is 1. The van der Waals surface area contributed by atoms with Gasteiger partial charge in [-0.05, 0) is 24.3 Å². The van der Waals surface area contributed by atoms with Gasteiger partial charge in [-0.15, -0.1) is 0 Å². The molecule has 0 N–H and O–H groups in total. The minimum absolute atomic E-state index is 0.0347. The lowest BCUT2D eigenvalue weighted by Gasteiger charge is -2.16. The van der Waals surface area contributed by atoms with Gasteiger partial charge in [0.05, 0.1) is 0 Å². The van der Waals surface area contributed by atoms with Crippen molar-refractivity contribution in [3.63, 3.8) is 0 Å². The average Bonchev–Trinajstić information content (AvgIpc) is 2.03. The molecule has 0 aliphatic heterocycles. The molecule has 2 heteroatoms. The number of hydrogen-bond acceptors (Lipinski definition) is 1. The van der Waals surface area contributed by atoms with Crippen molar-refractivity contribution in [1.82, 2.24) is 0 Å². The van der Waals surface area contributed by atoms with Crippen LogP contribution in [0, 0.1) is 11.2 Å². The molecule has 0 bridgehead atoms. The Labute approximate surface area is 77.6 Å². The van der Waals surface area contributed by atoms with E-state index in [9.17, 15) is 9.18 Å². The average molecular weight is 179 g/mol. The Morgan fingerprint density at radius 3 is 2.00 bits per heavy atom. The van der Waals surface area contributed by atoms with Crippen molar-refractivity contribution < 1.29 is 9.18 Å². The molecule has 1 aromatic rings. The summed E-state index contributed by atoms with van der Waals surface area (Å²) in [5.41, 5.74) is 0.159. The van der Waals surface area contributed by atoms with Gasteiger partial charge in [0.15, 0.2) is 5.78 Å². The monoisotopic (exact) mass is 179 g/mol. The fourth-order valence-electron chi connectivity index (χ4n) is 1.03. The summed E-state index contributed by atoms with van der Waals surface area (Å²) in [5, 5.41) is 0. The maximum Gasteiger partial charge on any atom is 0.168 e. The zero-order valence-electron chi connectivity index (χ0n) is 8.10. The molecular weight excluding hydrogens is 166 g/mol. The predicted molar refractivity (Wildman–Crippen MR) is 50.2 cm³/mol. The van der Waals surface area contributed by atoms with E-state index in [4.69, 9.17) is 0 Å². The Balaban J connectivity index is 2.97. The van der Waals surface area contributed by atoms with E-state index in [0.717, 1.165) is 0 Å². The zero-order chi connectivity index (χ0) is 10.1. The molecule has 1 aromatic carbocycles. The highest BCUT2D eigenvalue weighted by Gasteiger charge is 2.22. The summed E-state index contributed by atoms with van der Waals surface area (Å²) in [6, 6.07) is 5.64. The Hall–Kier alpha value is -1.18. The lowest BCUT2D eigenvalue weighted by atomic mass is 9.86. The fourth-order valence-corrected chi connectivity index (χ4v) is 1.03. The van der Waals surface area contributed by atoms with Gasteiger partial charge in [-0.2, -0.15) is 0 Å². The van der Waals surface area contributed by atoms with E-state index in [1.165, 1.54) is 24.3 Å². The van der Waals surface area contributed by atoms with Crippen molar-refractivity contribution in [2.75, 3.05) is 0 Å². The first-order chi connectivity index (χ1) is 5.91. The minimum Gasteiger partial charge on any atom is -0.294 e.